The number of hydrogen-bond acceptors (Lipinski definition) is 4. The fourth-order valence-corrected chi connectivity index (χ4v) is 3.48. The van der Waals surface area contributed by atoms with Gasteiger partial charge in [0.1, 0.15) is 10.7 Å². The minimum Gasteiger partial charge on any atom is -0.360 e. The number of nitrogens with one attached hydrogen (secondary N) is 2. The molecule has 0 radical (unpaired) electrons. The highest BCUT2D eigenvalue weighted by Crippen LogP contribution is 2.23. The van der Waals surface area contributed by atoms with E-state index in [9.17, 15) is 26.4 Å². The van der Waals surface area contributed by atoms with Crippen molar-refractivity contribution in [2.24, 2.45) is 0 Å². The molecule has 0 spiro atoms. The summed E-state index contributed by atoms with van der Waals surface area (Å²) in [6, 6.07) is 8.48. The molecule has 11 heteroatoms. The molecule has 2 heterocycles. The average molecular weight is 408 g/mol. The maximum Gasteiger partial charge on any atom is 0.321 e. The molecule has 0 saturated heterocycles. The summed E-state index contributed by atoms with van der Waals surface area (Å²) in [6.07, 6.45) is 1.95. The highest BCUT2D eigenvalue weighted by atomic mass is 32.2. The van der Waals surface area contributed by atoms with Crippen LogP contribution in [0, 0.1) is 17.1 Å². The third-order valence-corrected chi connectivity index (χ3v) is 5.13. The van der Waals surface area contributed by atoms with Gasteiger partial charge in [-0.25, -0.2) is 12.8 Å². The van der Waals surface area contributed by atoms with Crippen LogP contribution in [-0.2, 0) is 10.0 Å². The molecule has 3 aromatic rings. The van der Waals surface area contributed by atoms with Crippen LogP contribution in [0.25, 0.3) is 11.3 Å². The van der Waals surface area contributed by atoms with Crippen molar-refractivity contribution in [3.8, 4) is 17.3 Å². The molecule has 3 rings (SSSR count). The Labute approximate surface area is 156 Å². The second-order valence-electron chi connectivity index (χ2n) is 5.57. The first-order chi connectivity index (χ1) is 13.2. The first kappa shape index (κ1) is 19.2. The van der Waals surface area contributed by atoms with E-state index in [-0.39, 0.29) is 32.0 Å². The van der Waals surface area contributed by atoms with Gasteiger partial charge in [0, 0.05) is 12.4 Å². The molecular weight excluding hydrogens is 397 g/mol. The molecule has 0 aliphatic heterocycles. The molecule has 7 nitrogen and oxygen atoms in total. The topological polar surface area (TPSA) is 108 Å². The first-order valence-electron chi connectivity index (χ1n) is 7.63. The van der Waals surface area contributed by atoms with Crippen LogP contribution in [0.3, 0.4) is 0 Å². The van der Waals surface area contributed by atoms with E-state index < -0.39 is 27.9 Å². The maximum absolute atomic E-state index is 13.9. The number of aromatic amines is 1. The molecule has 0 fully saturated rings. The van der Waals surface area contributed by atoms with Crippen LogP contribution in [-0.4, -0.2) is 18.0 Å². The summed E-state index contributed by atoms with van der Waals surface area (Å²) in [5.74, 6) is -0.943. The molecule has 0 aliphatic carbocycles. The summed E-state index contributed by atoms with van der Waals surface area (Å²) >= 11 is 0. The number of nitriles is 1. The number of H-pyrrole nitrogens is 1. The van der Waals surface area contributed by atoms with Crippen LogP contribution in [0.5, 0.6) is 0 Å². The molecule has 28 heavy (non-hydrogen) atoms. The highest BCUT2D eigenvalue weighted by molar-refractivity contribution is 7.92. The van der Waals surface area contributed by atoms with Gasteiger partial charge in [0.2, 0.25) is 0 Å². The molecule has 0 atom stereocenters. The number of halogens is 3. The van der Waals surface area contributed by atoms with E-state index in [0.717, 1.165) is 30.6 Å². The maximum atomic E-state index is 13.9. The van der Waals surface area contributed by atoms with Crippen LogP contribution >= 0.6 is 0 Å². The van der Waals surface area contributed by atoms with Gasteiger partial charge in [0.25, 0.3) is 15.6 Å². The quantitative estimate of drug-likeness (QED) is 0.676. The molecule has 0 unspecified atom stereocenters. The summed E-state index contributed by atoms with van der Waals surface area (Å²) in [4.78, 5) is 14.3. The van der Waals surface area contributed by atoms with Crippen LogP contribution < -0.4 is 10.3 Å². The van der Waals surface area contributed by atoms with Crippen LogP contribution in [0.4, 0.5) is 18.9 Å². The van der Waals surface area contributed by atoms with Gasteiger partial charge in [-0.2, -0.15) is 14.0 Å². The van der Waals surface area contributed by atoms with Gasteiger partial charge in [-0.1, -0.05) is 0 Å². The van der Waals surface area contributed by atoms with Gasteiger partial charge in [-0.15, -0.1) is 0 Å². The first-order valence-corrected chi connectivity index (χ1v) is 9.12. The Kier molecular flexibility index (Phi) is 4.98. The van der Waals surface area contributed by atoms with Crippen LogP contribution in [0.15, 0.2) is 58.5 Å². The van der Waals surface area contributed by atoms with Crippen LogP contribution in [0.2, 0.25) is 0 Å². The molecule has 0 bridgehead atoms. The zero-order chi connectivity index (χ0) is 20.5. The van der Waals surface area contributed by atoms with E-state index in [1.165, 1.54) is 18.2 Å². The fraction of sp³-hybridized carbons (Fsp3) is 0.0588. The van der Waals surface area contributed by atoms with Crippen molar-refractivity contribution in [2.75, 3.05) is 4.72 Å². The Morgan fingerprint density at radius 1 is 1.21 bits per heavy atom. The van der Waals surface area contributed by atoms with Crippen molar-refractivity contribution in [2.45, 2.75) is 11.4 Å². The summed E-state index contributed by atoms with van der Waals surface area (Å²) in [6.45, 7) is -3.05. The fourth-order valence-electron chi connectivity index (χ4n) is 2.42. The highest BCUT2D eigenvalue weighted by Gasteiger charge is 2.20. The number of pyridine rings is 1. The number of anilines is 1. The third kappa shape index (κ3) is 3.63. The number of hydrogen-bond donors (Lipinski definition) is 2. The lowest BCUT2D eigenvalue weighted by atomic mass is 10.2. The number of benzene rings is 1. The van der Waals surface area contributed by atoms with E-state index in [1.54, 1.807) is 6.07 Å². The largest absolute Gasteiger partial charge is 0.360 e. The van der Waals surface area contributed by atoms with Gasteiger partial charge >= 0.3 is 6.55 Å². The Balaban J connectivity index is 1.95. The molecule has 144 valence electrons. The van der Waals surface area contributed by atoms with Crippen molar-refractivity contribution in [1.29, 1.82) is 5.26 Å². The van der Waals surface area contributed by atoms with Crippen molar-refractivity contribution < 1.29 is 21.6 Å². The van der Waals surface area contributed by atoms with Gasteiger partial charge in [0.15, 0.2) is 0 Å². The minimum absolute atomic E-state index is 0.000625. The smallest absolute Gasteiger partial charge is 0.321 e. The second-order valence-corrected chi connectivity index (χ2v) is 7.26. The van der Waals surface area contributed by atoms with Gasteiger partial charge in [-0.05, 0) is 36.4 Å². The Morgan fingerprint density at radius 3 is 2.61 bits per heavy atom. The van der Waals surface area contributed by atoms with Gasteiger partial charge in [-0.3, -0.25) is 14.1 Å². The third-order valence-electron chi connectivity index (χ3n) is 3.78. The summed E-state index contributed by atoms with van der Waals surface area (Å²) in [7, 11) is -4.24. The molecular formula is C17H11F3N4O3S. The molecule has 0 aliphatic rings. The van der Waals surface area contributed by atoms with Crippen molar-refractivity contribution in [1.82, 2.24) is 9.55 Å². The number of sulfonamides is 1. The van der Waals surface area contributed by atoms with E-state index in [2.05, 4.69) is 4.98 Å². The van der Waals surface area contributed by atoms with Crippen molar-refractivity contribution in [3.63, 3.8) is 0 Å². The average Bonchev–Trinajstić information content (AvgIpc) is 3.14. The van der Waals surface area contributed by atoms with Crippen LogP contribution in [0.1, 0.15) is 12.1 Å². The van der Waals surface area contributed by atoms with Gasteiger partial charge < -0.3 is 4.98 Å². The number of alkyl halides is 2. The molecule has 0 saturated carbocycles. The Hall–Kier alpha value is -3.52. The lowest BCUT2D eigenvalue weighted by Gasteiger charge is -2.07. The van der Waals surface area contributed by atoms with Crippen molar-refractivity contribution >= 4 is 15.7 Å². The number of rotatable bonds is 5. The second kappa shape index (κ2) is 7.24. The van der Waals surface area contributed by atoms with E-state index in [1.807, 2.05) is 4.72 Å². The van der Waals surface area contributed by atoms with E-state index in [4.69, 9.17) is 5.26 Å². The Bertz CT molecular complexity index is 1240. The normalized spacial score (nSPS) is 11.4. The molecule has 0 amide bonds. The lowest BCUT2D eigenvalue weighted by Crippen LogP contribution is -2.21. The SMILES string of the molecule is N#Cc1ccc(NS(=O)(=O)c2c[nH]c(-c3cccn(C(F)F)c3=O)c2)c(F)c1. The predicted octanol–water partition coefficient (Wildman–Crippen LogP) is 3.05. The number of aromatic nitrogens is 2. The van der Waals surface area contributed by atoms with Gasteiger partial charge in [0.05, 0.1) is 28.6 Å². The summed E-state index contributed by atoms with van der Waals surface area (Å²) in [5.41, 5.74) is -1.52. The minimum atomic E-state index is -4.24. The lowest BCUT2D eigenvalue weighted by molar-refractivity contribution is 0.0665. The van der Waals surface area contributed by atoms with Crippen molar-refractivity contribution in [3.05, 3.63) is 70.5 Å². The van der Waals surface area contributed by atoms with E-state index >= 15 is 0 Å². The van der Waals surface area contributed by atoms with E-state index in [0.29, 0.717) is 0 Å². The summed E-state index contributed by atoms with van der Waals surface area (Å²) < 4.78 is 66.7. The summed E-state index contributed by atoms with van der Waals surface area (Å²) in [5, 5.41) is 8.72. The molecule has 2 aromatic heterocycles. The standard InChI is InChI=1S/C17H11F3N4O3S/c18-13-6-10(8-21)3-4-14(13)23-28(26,27)11-7-15(22-9-11)12-2-1-5-24(16(12)25)17(19)20/h1-7,9,17,22-23H. The Morgan fingerprint density at radius 2 is 1.96 bits per heavy atom. The zero-order valence-electron chi connectivity index (χ0n) is 13.9. The monoisotopic (exact) mass is 408 g/mol. The molecule has 2 N–H and O–H groups in total. The zero-order valence-corrected chi connectivity index (χ0v) is 14.7. The number of nitrogens with zero attached hydrogens (tertiary/aromatic N) is 2. The predicted molar refractivity (Wildman–Crippen MR) is 93.7 cm³/mol. The molecule has 1 aromatic carbocycles.